The van der Waals surface area contributed by atoms with Gasteiger partial charge in [-0.25, -0.2) is 14.2 Å². The van der Waals surface area contributed by atoms with Crippen LogP contribution in [0.5, 0.6) is 0 Å². The van der Waals surface area contributed by atoms with Crippen molar-refractivity contribution >= 4 is 28.3 Å². The molecule has 0 N–H and O–H groups in total. The molecule has 0 aliphatic rings. The van der Waals surface area contributed by atoms with E-state index in [1.165, 1.54) is 42.5 Å². The molecule has 0 aliphatic heterocycles. The number of halogens is 1. The molecule has 158 valence electrons. The molecule has 8 heteroatoms. The smallest absolute Gasteiger partial charge is 0.339 e. The number of hydrogen-bond acceptors (Lipinski definition) is 6. The van der Waals surface area contributed by atoms with Gasteiger partial charge in [-0.3, -0.25) is 14.9 Å². The second-order valence-electron chi connectivity index (χ2n) is 6.88. The van der Waals surface area contributed by atoms with E-state index in [9.17, 15) is 24.1 Å². The van der Waals surface area contributed by atoms with Crippen molar-refractivity contribution in [1.29, 1.82) is 0 Å². The number of esters is 1. The van der Waals surface area contributed by atoms with E-state index in [2.05, 4.69) is 4.98 Å². The first-order valence-electron chi connectivity index (χ1n) is 9.53. The van der Waals surface area contributed by atoms with Crippen molar-refractivity contribution in [2.75, 3.05) is 6.61 Å². The highest BCUT2D eigenvalue weighted by atomic mass is 19.1. The van der Waals surface area contributed by atoms with Crippen LogP contribution in [0.3, 0.4) is 0 Å². The fraction of sp³-hybridized carbons (Fsp3) is 0.0417. The number of nitro groups is 1. The zero-order valence-corrected chi connectivity index (χ0v) is 16.5. The summed E-state index contributed by atoms with van der Waals surface area (Å²) >= 11 is 0. The van der Waals surface area contributed by atoms with E-state index in [4.69, 9.17) is 4.74 Å². The number of non-ortho nitro benzene ring substituents is 1. The summed E-state index contributed by atoms with van der Waals surface area (Å²) in [5.74, 6) is -1.61. The predicted octanol–water partition coefficient (Wildman–Crippen LogP) is 4.99. The third-order valence-electron chi connectivity index (χ3n) is 4.81. The van der Waals surface area contributed by atoms with Crippen molar-refractivity contribution < 1.29 is 23.6 Å². The standard InChI is InChI=1S/C24H15FN2O5/c25-17-9-5-15(6-10-17)22-13-20(19-3-1-2-4-21(19)26-22)24(29)32-14-23(28)16-7-11-18(12-8-16)27(30)31/h1-13H,14H2. The van der Waals surface area contributed by atoms with Crippen molar-refractivity contribution in [3.63, 3.8) is 0 Å². The van der Waals surface area contributed by atoms with Gasteiger partial charge in [-0.2, -0.15) is 0 Å². The van der Waals surface area contributed by atoms with Gasteiger partial charge in [-0.1, -0.05) is 18.2 Å². The van der Waals surface area contributed by atoms with Crippen LogP contribution < -0.4 is 0 Å². The molecule has 0 fully saturated rings. The Morgan fingerprint density at radius 3 is 2.34 bits per heavy atom. The Balaban J connectivity index is 1.59. The average Bonchev–Trinajstić information content (AvgIpc) is 2.82. The second-order valence-corrected chi connectivity index (χ2v) is 6.88. The zero-order chi connectivity index (χ0) is 22.7. The van der Waals surface area contributed by atoms with Crippen LogP contribution in [0.1, 0.15) is 20.7 Å². The first-order chi connectivity index (χ1) is 15.4. The summed E-state index contributed by atoms with van der Waals surface area (Å²) in [4.78, 5) is 39.9. The average molecular weight is 430 g/mol. The maximum Gasteiger partial charge on any atom is 0.339 e. The number of carbonyl (C=O) groups is 2. The largest absolute Gasteiger partial charge is 0.454 e. The van der Waals surface area contributed by atoms with E-state index in [-0.39, 0.29) is 22.6 Å². The minimum atomic E-state index is -0.720. The normalized spacial score (nSPS) is 10.7. The molecule has 0 bridgehead atoms. The molecule has 4 aromatic rings. The van der Waals surface area contributed by atoms with Gasteiger partial charge in [0, 0.05) is 28.6 Å². The van der Waals surface area contributed by atoms with Crippen molar-refractivity contribution in [1.82, 2.24) is 4.98 Å². The molecule has 0 aliphatic carbocycles. The molecule has 0 amide bonds. The number of Topliss-reactive ketones (excluding diaryl/α,β-unsaturated/α-hetero) is 1. The van der Waals surface area contributed by atoms with Gasteiger partial charge in [0.05, 0.1) is 21.7 Å². The number of fused-ring (bicyclic) bond motifs is 1. The van der Waals surface area contributed by atoms with Gasteiger partial charge in [0.2, 0.25) is 0 Å². The number of ketones is 1. The fourth-order valence-corrected chi connectivity index (χ4v) is 3.17. The van der Waals surface area contributed by atoms with Crippen molar-refractivity contribution in [2.45, 2.75) is 0 Å². The fourth-order valence-electron chi connectivity index (χ4n) is 3.17. The summed E-state index contributed by atoms with van der Waals surface area (Å²) < 4.78 is 18.5. The maximum atomic E-state index is 13.3. The molecule has 0 saturated carbocycles. The monoisotopic (exact) mass is 430 g/mol. The molecule has 4 rings (SSSR count). The summed E-state index contributed by atoms with van der Waals surface area (Å²) in [7, 11) is 0. The second kappa shape index (κ2) is 8.73. The number of ether oxygens (including phenoxy) is 1. The molecule has 1 heterocycles. The minimum Gasteiger partial charge on any atom is -0.454 e. The van der Waals surface area contributed by atoms with E-state index >= 15 is 0 Å². The van der Waals surface area contributed by atoms with Crippen molar-refractivity contribution in [2.24, 2.45) is 0 Å². The number of benzene rings is 3. The number of para-hydroxylation sites is 1. The summed E-state index contributed by atoms with van der Waals surface area (Å²) in [5.41, 5.74) is 1.88. The van der Waals surface area contributed by atoms with Crippen LogP contribution in [0, 0.1) is 15.9 Å². The molecule has 32 heavy (non-hydrogen) atoms. The molecule has 7 nitrogen and oxygen atoms in total. The van der Waals surface area contributed by atoms with Crippen molar-refractivity contribution in [3.8, 4) is 11.3 Å². The van der Waals surface area contributed by atoms with Gasteiger partial charge in [0.1, 0.15) is 5.82 Å². The Morgan fingerprint density at radius 2 is 1.66 bits per heavy atom. The van der Waals surface area contributed by atoms with Crippen molar-refractivity contribution in [3.05, 3.63) is 106 Å². The van der Waals surface area contributed by atoms with E-state index < -0.39 is 23.3 Å². The Labute approximate surface area is 181 Å². The predicted molar refractivity (Wildman–Crippen MR) is 115 cm³/mol. The Bertz CT molecular complexity index is 1340. The van der Waals surface area contributed by atoms with Gasteiger partial charge in [0.15, 0.2) is 12.4 Å². The molecular formula is C24H15FN2O5. The number of carbonyl (C=O) groups excluding carboxylic acids is 2. The van der Waals surface area contributed by atoms with Gasteiger partial charge in [-0.15, -0.1) is 0 Å². The third kappa shape index (κ3) is 4.34. The molecule has 0 atom stereocenters. The number of pyridine rings is 1. The number of hydrogen-bond donors (Lipinski definition) is 0. The SMILES string of the molecule is O=C(COC(=O)c1cc(-c2ccc(F)cc2)nc2ccccc12)c1ccc([N+](=O)[O-])cc1. The molecule has 0 spiro atoms. The van der Waals surface area contributed by atoms with E-state index in [1.807, 2.05) is 0 Å². The summed E-state index contributed by atoms with van der Waals surface area (Å²) in [6.45, 7) is -0.529. The number of nitrogens with zero attached hydrogens (tertiary/aromatic N) is 2. The van der Waals surface area contributed by atoms with Gasteiger partial charge >= 0.3 is 5.97 Å². The highest BCUT2D eigenvalue weighted by Gasteiger charge is 2.17. The summed E-state index contributed by atoms with van der Waals surface area (Å²) in [5, 5.41) is 11.3. The highest BCUT2D eigenvalue weighted by Crippen LogP contribution is 2.26. The molecule has 0 unspecified atom stereocenters. The number of nitro benzene ring substituents is 1. The van der Waals surface area contributed by atoms with Crippen LogP contribution in [0.15, 0.2) is 78.9 Å². The third-order valence-corrected chi connectivity index (χ3v) is 4.81. The van der Waals surface area contributed by atoms with E-state index in [1.54, 1.807) is 36.4 Å². The maximum absolute atomic E-state index is 13.3. The van der Waals surface area contributed by atoms with Crippen LogP contribution in [0.25, 0.3) is 22.2 Å². The molecule has 3 aromatic carbocycles. The summed E-state index contributed by atoms with van der Waals surface area (Å²) in [6.07, 6.45) is 0. The van der Waals surface area contributed by atoms with Crippen LogP contribution in [0.2, 0.25) is 0 Å². The molecule has 1 aromatic heterocycles. The first kappa shape index (κ1) is 20.8. The van der Waals surface area contributed by atoms with Crippen LogP contribution in [-0.4, -0.2) is 28.3 Å². The molecule has 0 saturated heterocycles. The number of aromatic nitrogens is 1. The van der Waals surface area contributed by atoms with Gasteiger partial charge < -0.3 is 4.74 Å². The van der Waals surface area contributed by atoms with Crippen LogP contribution >= 0.6 is 0 Å². The Kier molecular flexibility index (Phi) is 5.67. The summed E-state index contributed by atoms with van der Waals surface area (Å²) in [6, 6.07) is 19.3. The van der Waals surface area contributed by atoms with Crippen LogP contribution in [0.4, 0.5) is 10.1 Å². The first-order valence-corrected chi connectivity index (χ1v) is 9.53. The van der Waals surface area contributed by atoms with E-state index in [0.717, 1.165) is 0 Å². The van der Waals surface area contributed by atoms with E-state index in [0.29, 0.717) is 22.2 Å². The lowest BCUT2D eigenvalue weighted by Crippen LogP contribution is -2.15. The lowest BCUT2D eigenvalue weighted by Gasteiger charge is -2.10. The lowest BCUT2D eigenvalue weighted by atomic mass is 10.0. The Hall–Kier alpha value is -4.46. The lowest BCUT2D eigenvalue weighted by molar-refractivity contribution is -0.384. The molecular weight excluding hydrogens is 415 g/mol. The van der Waals surface area contributed by atoms with Gasteiger partial charge in [-0.05, 0) is 48.5 Å². The molecule has 0 radical (unpaired) electrons. The Morgan fingerprint density at radius 1 is 0.969 bits per heavy atom. The quantitative estimate of drug-likeness (QED) is 0.185. The number of rotatable bonds is 6. The highest BCUT2D eigenvalue weighted by molar-refractivity contribution is 6.06. The van der Waals surface area contributed by atoms with Crippen LogP contribution in [-0.2, 0) is 4.74 Å². The van der Waals surface area contributed by atoms with Gasteiger partial charge in [0.25, 0.3) is 5.69 Å². The topological polar surface area (TPSA) is 99.4 Å². The zero-order valence-electron chi connectivity index (χ0n) is 16.5. The minimum absolute atomic E-state index is 0.143.